The SMILES string of the molecule is CN(Cc1ccccc1)c1ccc(NC(=O)c2ccccc2F)cn1. The lowest BCUT2D eigenvalue weighted by atomic mass is 10.2. The molecule has 0 saturated heterocycles. The fourth-order valence-corrected chi connectivity index (χ4v) is 2.47. The van der Waals surface area contributed by atoms with Crippen molar-refractivity contribution in [1.82, 2.24) is 4.98 Å². The van der Waals surface area contributed by atoms with Gasteiger partial charge in [-0.3, -0.25) is 4.79 Å². The second-order valence-corrected chi connectivity index (χ2v) is 5.68. The molecule has 4 nitrogen and oxygen atoms in total. The molecule has 0 aliphatic heterocycles. The van der Waals surface area contributed by atoms with Gasteiger partial charge in [0, 0.05) is 13.6 Å². The molecule has 0 unspecified atom stereocenters. The summed E-state index contributed by atoms with van der Waals surface area (Å²) < 4.78 is 13.6. The summed E-state index contributed by atoms with van der Waals surface area (Å²) in [5.74, 6) is -0.259. The third kappa shape index (κ3) is 4.20. The molecule has 3 rings (SSSR count). The van der Waals surface area contributed by atoms with Crippen LogP contribution in [0.2, 0.25) is 0 Å². The zero-order valence-electron chi connectivity index (χ0n) is 13.8. The minimum Gasteiger partial charge on any atom is -0.355 e. The molecule has 0 bridgehead atoms. The van der Waals surface area contributed by atoms with E-state index in [4.69, 9.17) is 0 Å². The molecule has 1 aromatic heterocycles. The number of hydrogen-bond acceptors (Lipinski definition) is 3. The van der Waals surface area contributed by atoms with Crippen LogP contribution in [-0.2, 0) is 6.54 Å². The average molecular weight is 335 g/mol. The zero-order chi connectivity index (χ0) is 17.6. The second-order valence-electron chi connectivity index (χ2n) is 5.68. The fraction of sp³-hybridized carbons (Fsp3) is 0.100. The van der Waals surface area contributed by atoms with Crippen LogP contribution >= 0.6 is 0 Å². The normalized spacial score (nSPS) is 10.3. The van der Waals surface area contributed by atoms with Gasteiger partial charge in [-0.15, -0.1) is 0 Å². The van der Waals surface area contributed by atoms with E-state index in [0.29, 0.717) is 5.69 Å². The Morgan fingerprint density at radius 1 is 1.04 bits per heavy atom. The van der Waals surface area contributed by atoms with Crippen molar-refractivity contribution in [1.29, 1.82) is 0 Å². The van der Waals surface area contributed by atoms with Crippen molar-refractivity contribution < 1.29 is 9.18 Å². The Labute approximate surface area is 145 Å². The lowest BCUT2D eigenvalue weighted by Crippen LogP contribution is -2.18. The molecule has 0 aliphatic rings. The van der Waals surface area contributed by atoms with Gasteiger partial charge in [0.05, 0.1) is 17.4 Å². The molecule has 3 aromatic rings. The third-order valence-corrected chi connectivity index (χ3v) is 3.78. The Balaban J connectivity index is 1.66. The van der Waals surface area contributed by atoms with E-state index in [1.165, 1.54) is 17.7 Å². The predicted octanol–water partition coefficient (Wildman–Crippen LogP) is 4.11. The summed E-state index contributed by atoms with van der Waals surface area (Å²) in [4.78, 5) is 18.5. The van der Waals surface area contributed by atoms with E-state index >= 15 is 0 Å². The van der Waals surface area contributed by atoms with Crippen molar-refractivity contribution in [3.63, 3.8) is 0 Å². The number of nitrogens with zero attached hydrogens (tertiary/aromatic N) is 2. The Morgan fingerprint density at radius 2 is 1.76 bits per heavy atom. The minimum absolute atomic E-state index is 0.00720. The Morgan fingerprint density at radius 3 is 2.44 bits per heavy atom. The van der Waals surface area contributed by atoms with E-state index in [-0.39, 0.29) is 5.56 Å². The first-order valence-electron chi connectivity index (χ1n) is 7.90. The highest BCUT2D eigenvalue weighted by molar-refractivity contribution is 6.04. The first kappa shape index (κ1) is 16.6. The van der Waals surface area contributed by atoms with Crippen LogP contribution < -0.4 is 10.2 Å². The van der Waals surface area contributed by atoms with Gasteiger partial charge >= 0.3 is 0 Å². The molecule has 0 aliphatic carbocycles. The Bertz CT molecular complexity index is 850. The Kier molecular flexibility index (Phi) is 5.04. The van der Waals surface area contributed by atoms with Gasteiger partial charge in [-0.25, -0.2) is 9.37 Å². The summed E-state index contributed by atoms with van der Waals surface area (Å²) >= 11 is 0. The maximum atomic E-state index is 13.6. The Hall–Kier alpha value is -3.21. The lowest BCUT2D eigenvalue weighted by Gasteiger charge is -2.18. The van der Waals surface area contributed by atoms with Crippen LogP contribution in [0.4, 0.5) is 15.9 Å². The van der Waals surface area contributed by atoms with Crippen molar-refractivity contribution in [2.24, 2.45) is 0 Å². The van der Waals surface area contributed by atoms with Gasteiger partial charge in [-0.1, -0.05) is 42.5 Å². The number of nitrogens with one attached hydrogen (secondary N) is 1. The van der Waals surface area contributed by atoms with Crippen LogP contribution in [0.15, 0.2) is 72.9 Å². The van der Waals surface area contributed by atoms with Crippen molar-refractivity contribution >= 4 is 17.4 Å². The molecule has 0 atom stereocenters. The molecule has 2 aromatic carbocycles. The van der Waals surface area contributed by atoms with Gasteiger partial charge in [0.1, 0.15) is 11.6 Å². The van der Waals surface area contributed by atoms with Crippen LogP contribution in [0.3, 0.4) is 0 Å². The molecular formula is C20H18FN3O. The molecular weight excluding hydrogens is 317 g/mol. The summed E-state index contributed by atoms with van der Waals surface area (Å²) in [5, 5.41) is 2.65. The second kappa shape index (κ2) is 7.57. The van der Waals surface area contributed by atoms with Crippen LogP contribution in [0, 0.1) is 5.82 Å². The van der Waals surface area contributed by atoms with E-state index in [0.717, 1.165) is 12.4 Å². The smallest absolute Gasteiger partial charge is 0.258 e. The van der Waals surface area contributed by atoms with Crippen molar-refractivity contribution in [3.8, 4) is 0 Å². The quantitative estimate of drug-likeness (QED) is 0.763. The minimum atomic E-state index is -0.549. The monoisotopic (exact) mass is 335 g/mol. The molecule has 1 heterocycles. The van der Waals surface area contributed by atoms with Crippen LogP contribution in [0.1, 0.15) is 15.9 Å². The highest BCUT2D eigenvalue weighted by atomic mass is 19.1. The van der Waals surface area contributed by atoms with E-state index in [2.05, 4.69) is 22.4 Å². The number of rotatable bonds is 5. The van der Waals surface area contributed by atoms with Crippen molar-refractivity contribution in [2.45, 2.75) is 6.54 Å². The lowest BCUT2D eigenvalue weighted by molar-refractivity contribution is 0.102. The van der Waals surface area contributed by atoms with Gasteiger partial charge in [-0.05, 0) is 29.8 Å². The molecule has 126 valence electrons. The molecule has 25 heavy (non-hydrogen) atoms. The average Bonchev–Trinajstić information content (AvgIpc) is 2.63. The summed E-state index contributed by atoms with van der Waals surface area (Å²) in [7, 11) is 1.95. The van der Waals surface area contributed by atoms with Crippen LogP contribution in [0.25, 0.3) is 0 Å². The molecule has 1 amide bonds. The predicted molar refractivity (Wildman–Crippen MR) is 97.1 cm³/mol. The number of aromatic nitrogens is 1. The number of hydrogen-bond donors (Lipinski definition) is 1. The molecule has 0 saturated carbocycles. The maximum Gasteiger partial charge on any atom is 0.258 e. The van der Waals surface area contributed by atoms with E-state index in [9.17, 15) is 9.18 Å². The highest BCUT2D eigenvalue weighted by Crippen LogP contribution is 2.16. The fourth-order valence-electron chi connectivity index (χ4n) is 2.47. The van der Waals surface area contributed by atoms with E-state index in [1.54, 1.807) is 24.4 Å². The summed E-state index contributed by atoms with van der Waals surface area (Å²) in [6.07, 6.45) is 1.57. The van der Waals surface area contributed by atoms with Gasteiger partial charge in [0.25, 0.3) is 5.91 Å². The number of carbonyl (C=O) groups is 1. The van der Waals surface area contributed by atoms with Crippen LogP contribution in [-0.4, -0.2) is 17.9 Å². The molecule has 1 N–H and O–H groups in total. The summed E-state index contributed by atoms with van der Waals surface area (Å²) in [5.41, 5.74) is 1.71. The van der Waals surface area contributed by atoms with Gasteiger partial charge in [0.15, 0.2) is 0 Å². The number of carbonyl (C=O) groups excluding carboxylic acids is 1. The number of halogens is 1. The number of benzene rings is 2. The standard InChI is InChI=1S/C20H18FN3O/c1-24(14-15-7-3-2-4-8-15)19-12-11-16(13-22-19)23-20(25)17-9-5-6-10-18(17)21/h2-13H,14H2,1H3,(H,23,25). The van der Waals surface area contributed by atoms with Crippen molar-refractivity contribution in [2.75, 3.05) is 17.3 Å². The first-order chi connectivity index (χ1) is 12.1. The van der Waals surface area contributed by atoms with Crippen LogP contribution in [0.5, 0.6) is 0 Å². The van der Waals surface area contributed by atoms with E-state index in [1.807, 2.05) is 36.2 Å². The summed E-state index contributed by atoms with van der Waals surface area (Å²) in [6, 6.07) is 19.5. The van der Waals surface area contributed by atoms with Gasteiger partial charge in [0.2, 0.25) is 0 Å². The molecule has 0 radical (unpaired) electrons. The molecule has 0 fully saturated rings. The van der Waals surface area contributed by atoms with Crippen molar-refractivity contribution in [3.05, 3.63) is 89.9 Å². The number of amides is 1. The number of anilines is 2. The topological polar surface area (TPSA) is 45.2 Å². The zero-order valence-corrected chi connectivity index (χ0v) is 13.8. The van der Waals surface area contributed by atoms with Gasteiger partial charge < -0.3 is 10.2 Å². The van der Waals surface area contributed by atoms with Gasteiger partial charge in [-0.2, -0.15) is 0 Å². The summed E-state index contributed by atoms with van der Waals surface area (Å²) in [6.45, 7) is 0.731. The highest BCUT2D eigenvalue weighted by Gasteiger charge is 2.11. The maximum absolute atomic E-state index is 13.6. The van der Waals surface area contributed by atoms with E-state index < -0.39 is 11.7 Å². The largest absolute Gasteiger partial charge is 0.355 e. The first-order valence-corrected chi connectivity index (χ1v) is 7.90. The molecule has 0 spiro atoms. The number of pyridine rings is 1. The molecule has 5 heteroatoms. The third-order valence-electron chi connectivity index (χ3n) is 3.78.